The van der Waals surface area contributed by atoms with Crippen molar-refractivity contribution in [3.8, 4) is 11.5 Å². The van der Waals surface area contributed by atoms with E-state index in [0.29, 0.717) is 18.8 Å². The topological polar surface area (TPSA) is 64.6 Å². The van der Waals surface area contributed by atoms with Crippen LogP contribution in [0.25, 0.3) is 0 Å². The lowest BCUT2D eigenvalue weighted by Crippen LogP contribution is -2.61. The number of benzene rings is 1. The highest BCUT2D eigenvalue weighted by Gasteiger charge is 2.50. The molecule has 1 fully saturated rings. The van der Waals surface area contributed by atoms with Gasteiger partial charge in [-0.1, -0.05) is 6.07 Å². The molecule has 21 heavy (non-hydrogen) atoms. The number of ether oxygens (including phenoxy) is 2. The Balaban J connectivity index is 2.06. The Morgan fingerprint density at radius 1 is 1.52 bits per heavy atom. The summed E-state index contributed by atoms with van der Waals surface area (Å²) in [5, 5.41) is 2.83. The molecule has 1 aromatic carbocycles. The van der Waals surface area contributed by atoms with Gasteiger partial charge in [-0.25, -0.2) is 0 Å². The molecule has 2 aliphatic heterocycles. The summed E-state index contributed by atoms with van der Waals surface area (Å²) in [5.74, 6) is 0.276. The van der Waals surface area contributed by atoms with Gasteiger partial charge in [0, 0.05) is 18.4 Å². The van der Waals surface area contributed by atoms with Gasteiger partial charge in [0.15, 0.2) is 5.72 Å². The smallest absolute Gasteiger partial charge is 0.234 e. The zero-order valence-electron chi connectivity index (χ0n) is 12.4. The van der Waals surface area contributed by atoms with Crippen LogP contribution in [-0.2, 0) is 9.59 Å². The maximum Gasteiger partial charge on any atom is 0.234 e. The van der Waals surface area contributed by atoms with Gasteiger partial charge >= 0.3 is 0 Å². The van der Waals surface area contributed by atoms with E-state index in [1.54, 1.807) is 0 Å². The van der Waals surface area contributed by atoms with Gasteiger partial charge in [0.25, 0.3) is 0 Å². The van der Waals surface area contributed by atoms with Gasteiger partial charge in [0.2, 0.25) is 5.91 Å². The fourth-order valence-corrected chi connectivity index (χ4v) is 3.34. The largest absolute Gasteiger partial charge is 0.494 e. The summed E-state index contributed by atoms with van der Waals surface area (Å²) in [6.45, 7) is 5.80. The maximum absolute atomic E-state index is 12.2. The van der Waals surface area contributed by atoms with Crippen LogP contribution in [0.1, 0.15) is 38.7 Å². The van der Waals surface area contributed by atoms with Crippen molar-refractivity contribution >= 4 is 11.7 Å². The van der Waals surface area contributed by atoms with E-state index in [4.69, 9.17) is 9.47 Å². The number of hydrogen-bond donors (Lipinski definition) is 1. The third kappa shape index (κ3) is 2.26. The highest BCUT2D eigenvalue weighted by atomic mass is 16.5. The molecular weight excluding hydrogens is 270 g/mol. The number of piperidine rings is 1. The summed E-state index contributed by atoms with van der Waals surface area (Å²) in [6, 6.07) is 5.59. The minimum absolute atomic E-state index is 0.110. The number of ketones is 1. The van der Waals surface area contributed by atoms with E-state index in [0.717, 1.165) is 11.3 Å². The van der Waals surface area contributed by atoms with Crippen LogP contribution in [0.5, 0.6) is 11.5 Å². The van der Waals surface area contributed by atoms with Crippen LogP contribution in [0.3, 0.4) is 0 Å². The van der Waals surface area contributed by atoms with Crippen molar-refractivity contribution in [1.29, 1.82) is 0 Å². The monoisotopic (exact) mass is 289 g/mol. The van der Waals surface area contributed by atoms with Crippen molar-refractivity contribution in [1.82, 2.24) is 5.32 Å². The first kappa shape index (κ1) is 13.9. The van der Waals surface area contributed by atoms with Gasteiger partial charge < -0.3 is 14.8 Å². The molecule has 2 aliphatic rings. The van der Waals surface area contributed by atoms with Gasteiger partial charge in [0.05, 0.1) is 6.61 Å². The van der Waals surface area contributed by atoms with E-state index in [1.807, 2.05) is 32.0 Å². The number of carbonyl (C=O) groups is 2. The molecule has 0 spiro atoms. The second kappa shape index (κ2) is 4.76. The zero-order valence-corrected chi connectivity index (χ0v) is 12.4. The van der Waals surface area contributed by atoms with Crippen LogP contribution in [0, 0.1) is 5.92 Å². The van der Waals surface area contributed by atoms with E-state index < -0.39 is 11.6 Å². The fourth-order valence-electron chi connectivity index (χ4n) is 3.34. The molecular formula is C16H19NO4. The lowest BCUT2D eigenvalue weighted by Gasteiger charge is -2.46. The summed E-state index contributed by atoms with van der Waals surface area (Å²) in [7, 11) is 0. The van der Waals surface area contributed by atoms with Crippen LogP contribution < -0.4 is 14.8 Å². The van der Waals surface area contributed by atoms with Crippen LogP contribution in [0.4, 0.5) is 0 Å². The summed E-state index contributed by atoms with van der Waals surface area (Å²) in [6.07, 6.45) is 0.601. The third-order valence-corrected chi connectivity index (χ3v) is 4.15. The molecule has 0 radical (unpaired) electrons. The van der Waals surface area contributed by atoms with Gasteiger partial charge in [0.1, 0.15) is 23.2 Å². The molecule has 2 heterocycles. The minimum Gasteiger partial charge on any atom is -0.494 e. The number of Topliss-reactive ketones (excluding diaryl/α,β-unsaturated/α-hetero) is 1. The first-order valence-electron chi connectivity index (χ1n) is 7.22. The van der Waals surface area contributed by atoms with Crippen molar-refractivity contribution in [3.05, 3.63) is 23.8 Å². The summed E-state index contributed by atoms with van der Waals surface area (Å²) in [5.41, 5.74) is 0.150. The highest BCUT2D eigenvalue weighted by Crippen LogP contribution is 2.47. The number of amides is 1. The predicted molar refractivity (Wildman–Crippen MR) is 76.3 cm³/mol. The molecule has 112 valence electrons. The van der Waals surface area contributed by atoms with Crippen molar-refractivity contribution in [2.24, 2.45) is 5.92 Å². The number of rotatable bonds is 3. The number of carbonyl (C=O) groups excluding carboxylic acids is 2. The van der Waals surface area contributed by atoms with Crippen LogP contribution in [-0.4, -0.2) is 24.0 Å². The Bertz CT molecular complexity index is 612. The lowest BCUT2D eigenvalue weighted by molar-refractivity contribution is -0.145. The van der Waals surface area contributed by atoms with Gasteiger partial charge in [-0.05, 0) is 32.4 Å². The fraction of sp³-hybridized carbons (Fsp3) is 0.500. The maximum atomic E-state index is 12.2. The molecule has 1 amide bonds. The molecule has 1 aromatic rings. The highest BCUT2D eigenvalue weighted by molar-refractivity contribution is 6.02. The first-order chi connectivity index (χ1) is 9.93. The molecule has 1 N–H and O–H groups in total. The van der Waals surface area contributed by atoms with E-state index >= 15 is 0 Å². The Labute approximate surface area is 123 Å². The first-order valence-corrected chi connectivity index (χ1v) is 7.22. The van der Waals surface area contributed by atoms with Crippen molar-refractivity contribution in [2.45, 2.75) is 38.8 Å². The number of hydrogen-bond acceptors (Lipinski definition) is 4. The molecule has 1 saturated heterocycles. The second-order valence-electron chi connectivity index (χ2n) is 5.85. The van der Waals surface area contributed by atoms with E-state index in [-0.39, 0.29) is 17.6 Å². The van der Waals surface area contributed by atoms with E-state index in [1.165, 1.54) is 6.92 Å². The molecule has 0 aliphatic carbocycles. The molecule has 2 bridgehead atoms. The molecule has 3 atom stereocenters. The standard InChI is InChI=1S/C16H19NO4/c1-4-20-10-5-6-11-12-8-16(3,21-13(11)7-10)17-15(19)14(12)9(2)18/h5-7,12,14H,4,8H2,1-3H3,(H,17,19)/t12-,14+,16-/m0/s1. The molecule has 5 heteroatoms. The Morgan fingerprint density at radius 3 is 2.95 bits per heavy atom. The summed E-state index contributed by atoms with van der Waals surface area (Å²) >= 11 is 0. The van der Waals surface area contributed by atoms with Crippen LogP contribution in [0.15, 0.2) is 18.2 Å². The second-order valence-corrected chi connectivity index (χ2v) is 5.85. The van der Waals surface area contributed by atoms with Gasteiger partial charge in [-0.3, -0.25) is 9.59 Å². The molecule has 0 aromatic heterocycles. The summed E-state index contributed by atoms with van der Waals surface area (Å²) < 4.78 is 11.4. The Kier molecular flexibility index (Phi) is 3.15. The van der Waals surface area contributed by atoms with Gasteiger partial charge in [-0.15, -0.1) is 0 Å². The van der Waals surface area contributed by atoms with E-state index in [2.05, 4.69) is 5.32 Å². The van der Waals surface area contributed by atoms with Crippen LogP contribution >= 0.6 is 0 Å². The average Bonchev–Trinajstić information content (AvgIpc) is 2.36. The van der Waals surface area contributed by atoms with Gasteiger partial charge in [-0.2, -0.15) is 0 Å². The quantitative estimate of drug-likeness (QED) is 0.864. The Morgan fingerprint density at radius 2 is 2.29 bits per heavy atom. The molecule has 3 rings (SSSR count). The van der Waals surface area contributed by atoms with Crippen molar-refractivity contribution in [3.63, 3.8) is 0 Å². The average molecular weight is 289 g/mol. The summed E-state index contributed by atoms with van der Waals surface area (Å²) in [4.78, 5) is 24.1. The van der Waals surface area contributed by atoms with E-state index in [9.17, 15) is 9.59 Å². The SMILES string of the molecule is CCOc1ccc2c(c1)O[C@@]1(C)C[C@@H]2[C@@H](C(C)=O)C(=O)N1. The normalized spacial score (nSPS) is 30.0. The van der Waals surface area contributed by atoms with Crippen molar-refractivity contribution < 1.29 is 19.1 Å². The molecule has 5 nitrogen and oxygen atoms in total. The lowest BCUT2D eigenvalue weighted by atomic mass is 9.73. The molecule has 0 saturated carbocycles. The molecule has 0 unspecified atom stereocenters. The zero-order chi connectivity index (χ0) is 15.2. The predicted octanol–water partition coefficient (Wildman–Crippen LogP) is 2.00. The van der Waals surface area contributed by atoms with Crippen molar-refractivity contribution in [2.75, 3.05) is 6.61 Å². The number of nitrogens with one attached hydrogen (secondary N) is 1. The van der Waals surface area contributed by atoms with Crippen LogP contribution in [0.2, 0.25) is 0 Å². The number of fused-ring (bicyclic) bond motifs is 4. The third-order valence-electron chi connectivity index (χ3n) is 4.15. The Hall–Kier alpha value is -2.04. The minimum atomic E-state index is -0.758.